The zero-order valence-corrected chi connectivity index (χ0v) is 14.2. The number of piperidine rings is 1. The summed E-state index contributed by atoms with van der Waals surface area (Å²) < 4.78 is 5.45. The lowest BCUT2D eigenvalue weighted by atomic mass is 10.0. The Labute approximate surface area is 129 Å². The fraction of sp³-hybridized carbons (Fsp3) is 0.667. The number of aryl methyl sites for hydroxylation is 1. The number of anilines is 1. The van der Waals surface area contributed by atoms with E-state index in [1.165, 1.54) is 16.8 Å². The van der Waals surface area contributed by atoms with Crippen LogP contribution in [0.3, 0.4) is 0 Å². The number of benzene rings is 1. The van der Waals surface area contributed by atoms with Gasteiger partial charge in [0, 0.05) is 38.0 Å². The zero-order chi connectivity index (χ0) is 15.5. The predicted octanol–water partition coefficient (Wildman–Crippen LogP) is 3.50. The molecular weight excluding hydrogens is 260 g/mol. The van der Waals surface area contributed by atoms with Crippen LogP contribution in [0.4, 0.5) is 5.69 Å². The molecule has 0 aromatic heterocycles. The molecule has 0 atom stereocenters. The highest BCUT2D eigenvalue weighted by Crippen LogP contribution is 2.24. The van der Waals surface area contributed by atoms with E-state index in [0.29, 0.717) is 6.10 Å². The lowest BCUT2D eigenvalue weighted by Crippen LogP contribution is -2.37. The van der Waals surface area contributed by atoms with Crippen molar-refractivity contribution in [1.82, 2.24) is 5.32 Å². The van der Waals surface area contributed by atoms with Gasteiger partial charge >= 0.3 is 0 Å². The van der Waals surface area contributed by atoms with Crippen LogP contribution in [0, 0.1) is 6.92 Å². The molecule has 0 aliphatic carbocycles. The molecule has 2 rings (SSSR count). The molecule has 0 amide bonds. The molecule has 0 spiro atoms. The Morgan fingerprint density at radius 2 is 1.90 bits per heavy atom. The minimum absolute atomic E-state index is 0.160. The molecule has 1 aromatic rings. The minimum Gasteiger partial charge on any atom is -0.381 e. The molecule has 21 heavy (non-hydrogen) atoms. The van der Waals surface area contributed by atoms with E-state index in [9.17, 15) is 0 Å². The van der Waals surface area contributed by atoms with E-state index in [2.05, 4.69) is 56.1 Å². The van der Waals surface area contributed by atoms with Crippen molar-refractivity contribution in [2.24, 2.45) is 0 Å². The summed E-state index contributed by atoms with van der Waals surface area (Å²) in [5, 5.41) is 3.56. The van der Waals surface area contributed by atoms with Crippen LogP contribution >= 0.6 is 0 Å². The number of nitrogens with one attached hydrogen (secondary N) is 1. The number of rotatable bonds is 4. The van der Waals surface area contributed by atoms with E-state index in [4.69, 9.17) is 4.74 Å². The summed E-state index contributed by atoms with van der Waals surface area (Å²) in [6.07, 6.45) is 2.70. The first-order valence-electron chi connectivity index (χ1n) is 8.01. The third kappa shape index (κ3) is 4.72. The maximum atomic E-state index is 5.45. The van der Waals surface area contributed by atoms with Crippen molar-refractivity contribution in [3.8, 4) is 0 Å². The van der Waals surface area contributed by atoms with E-state index >= 15 is 0 Å². The second kappa shape index (κ2) is 6.80. The van der Waals surface area contributed by atoms with Gasteiger partial charge in [-0.25, -0.2) is 0 Å². The SMILES string of the molecule is COC1CCN(c2ccc(CNC(C)(C)C)c(C)c2)CC1. The molecule has 1 fully saturated rings. The molecule has 3 heteroatoms. The quantitative estimate of drug-likeness (QED) is 0.918. The first-order valence-corrected chi connectivity index (χ1v) is 8.01. The van der Waals surface area contributed by atoms with Crippen LogP contribution in [-0.4, -0.2) is 31.8 Å². The van der Waals surface area contributed by atoms with Gasteiger partial charge in [-0.15, -0.1) is 0 Å². The largest absolute Gasteiger partial charge is 0.381 e. The van der Waals surface area contributed by atoms with Gasteiger partial charge in [-0.2, -0.15) is 0 Å². The molecule has 1 aromatic carbocycles. The van der Waals surface area contributed by atoms with Gasteiger partial charge in [-0.3, -0.25) is 0 Å². The first kappa shape index (κ1) is 16.3. The van der Waals surface area contributed by atoms with Crippen LogP contribution in [0.5, 0.6) is 0 Å². The van der Waals surface area contributed by atoms with Gasteiger partial charge < -0.3 is 15.0 Å². The highest BCUT2D eigenvalue weighted by Gasteiger charge is 2.19. The van der Waals surface area contributed by atoms with E-state index in [-0.39, 0.29) is 5.54 Å². The summed E-state index contributed by atoms with van der Waals surface area (Å²) in [5.74, 6) is 0. The Hall–Kier alpha value is -1.06. The molecule has 0 radical (unpaired) electrons. The molecule has 3 nitrogen and oxygen atoms in total. The summed E-state index contributed by atoms with van der Waals surface area (Å²) in [6.45, 7) is 11.9. The number of methoxy groups -OCH3 is 1. The van der Waals surface area contributed by atoms with Gasteiger partial charge in [0.15, 0.2) is 0 Å². The Bertz CT molecular complexity index is 457. The molecule has 0 unspecified atom stereocenters. The van der Waals surface area contributed by atoms with Gasteiger partial charge in [0.05, 0.1) is 6.10 Å². The minimum atomic E-state index is 0.160. The van der Waals surface area contributed by atoms with Crippen LogP contribution in [0.25, 0.3) is 0 Å². The molecule has 1 aliphatic heterocycles. The monoisotopic (exact) mass is 290 g/mol. The van der Waals surface area contributed by atoms with Gasteiger partial charge in [-0.1, -0.05) is 6.07 Å². The van der Waals surface area contributed by atoms with Crippen molar-refractivity contribution in [2.75, 3.05) is 25.1 Å². The van der Waals surface area contributed by atoms with Crippen molar-refractivity contribution in [1.29, 1.82) is 0 Å². The lowest BCUT2D eigenvalue weighted by Gasteiger charge is -2.33. The normalized spacial score (nSPS) is 17.3. The van der Waals surface area contributed by atoms with Gasteiger partial charge in [0.2, 0.25) is 0 Å². The van der Waals surface area contributed by atoms with Crippen LogP contribution in [0.1, 0.15) is 44.7 Å². The van der Waals surface area contributed by atoms with E-state index in [1.54, 1.807) is 0 Å². The lowest BCUT2D eigenvalue weighted by molar-refractivity contribution is 0.0819. The van der Waals surface area contributed by atoms with Crippen LogP contribution in [0.15, 0.2) is 18.2 Å². The fourth-order valence-electron chi connectivity index (χ4n) is 2.79. The van der Waals surface area contributed by atoms with E-state index in [0.717, 1.165) is 32.5 Å². The van der Waals surface area contributed by atoms with Crippen LogP contribution < -0.4 is 10.2 Å². The molecule has 0 bridgehead atoms. The highest BCUT2D eigenvalue weighted by molar-refractivity contribution is 5.51. The first-order chi connectivity index (χ1) is 9.89. The van der Waals surface area contributed by atoms with Crippen molar-refractivity contribution in [3.63, 3.8) is 0 Å². The second-order valence-electron chi connectivity index (χ2n) is 7.14. The van der Waals surface area contributed by atoms with E-state index < -0.39 is 0 Å². The average molecular weight is 290 g/mol. The van der Waals surface area contributed by atoms with Crippen molar-refractivity contribution < 1.29 is 4.74 Å². The molecule has 1 heterocycles. The van der Waals surface area contributed by atoms with Gasteiger partial charge in [0.1, 0.15) is 0 Å². The van der Waals surface area contributed by atoms with Crippen molar-refractivity contribution in [3.05, 3.63) is 29.3 Å². The summed E-state index contributed by atoms with van der Waals surface area (Å²) in [4.78, 5) is 2.48. The summed E-state index contributed by atoms with van der Waals surface area (Å²) in [7, 11) is 1.82. The molecule has 1 saturated heterocycles. The average Bonchev–Trinajstić information content (AvgIpc) is 2.45. The van der Waals surface area contributed by atoms with Crippen molar-refractivity contribution >= 4 is 5.69 Å². The summed E-state index contributed by atoms with van der Waals surface area (Å²) in [5.41, 5.74) is 4.27. The maximum Gasteiger partial charge on any atom is 0.0605 e. The third-order valence-corrected chi connectivity index (χ3v) is 4.28. The third-order valence-electron chi connectivity index (χ3n) is 4.28. The van der Waals surface area contributed by atoms with Crippen LogP contribution in [-0.2, 0) is 11.3 Å². The topological polar surface area (TPSA) is 24.5 Å². The Kier molecular flexibility index (Phi) is 5.28. The molecule has 1 aliphatic rings. The number of hydrogen-bond acceptors (Lipinski definition) is 3. The van der Waals surface area contributed by atoms with Crippen molar-refractivity contribution in [2.45, 2.75) is 58.7 Å². The molecule has 118 valence electrons. The maximum absolute atomic E-state index is 5.45. The Balaban J connectivity index is 1.99. The van der Waals surface area contributed by atoms with Gasteiger partial charge in [0.25, 0.3) is 0 Å². The highest BCUT2D eigenvalue weighted by atomic mass is 16.5. The molecule has 1 N–H and O–H groups in total. The Morgan fingerprint density at radius 3 is 2.43 bits per heavy atom. The molecular formula is C18H30N2O. The number of hydrogen-bond donors (Lipinski definition) is 1. The standard InChI is InChI=1S/C18H30N2O/c1-14-12-16(20-10-8-17(21-5)9-11-20)7-6-15(14)13-19-18(2,3)4/h6-7,12,17,19H,8-11,13H2,1-5H3. The Morgan fingerprint density at radius 1 is 1.24 bits per heavy atom. The second-order valence-corrected chi connectivity index (χ2v) is 7.14. The molecule has 0 saturated carbocycles. The van der Waals surface area contributed by atoms with Gasteiger partial charge in [-0.05, 0) is 63.8 Å². The fourth-order valence-corrected chi connectivity index (χ4v) is 2.79. The summed E-state index contributed by atoms with van der Waals surface area (Å²) >= 11 is 0. The smallest absolute Gasteiger partial charge is 0.0605 e. The zero-order valence-electron chi connectivity index (χ0n) is 14.2. The van der Waals surface area contributed by atoms with Crippen LogP contribution in [0.2, 0.25) is 0 Å². The van der Waals surface area contributed by atoms with E-state index in [1.807, 2.05) is 7.11 Å². The number of ether oxygens (including phenoxy) is 1. The predicted molar refractivity (Wildman–Crippen MR) is 90.0 cm³/mol. The number of nitrogens with zero attached hydrogens (tertiary/aromatic N) is 1. The summed E-state index contributed by atoms with van der Waals surface area (Å²) in [6, 6.07) is 6.86.